The Morgan fingerprint density at radius 1 is 1.33 bits per heavy atom. The molecule has 160 valence electrons. The molecule has 1 saturated heterocycles. The van der Waals surface area contributed by atoms with Crippen molar-refractivity contribution in [2.45, 2.75) is 38.4 Å². The summed E-state index contributed by atoms with van der Waals surface area (Å²) in [5, 5.41) is 8.03. The zero-order valence-electron chi connectivity index (χ0n) is 16.9. The molecule has 5 nitrogen and oxygen atoms in total. The zero-order chi connectivity index (χ0) is 21.1. The van der Waals surface area contributed by atoms with Crippen LogP contribution in [0.25, 0.3) is 0 Å². The van der Waals surface area contributed by atoms with Gasteiger partial charge in [0.2, 0.25) is 0 Å². The van der Waals surface area contributed by atoms with E-state index in [1.807, 2.05) is 21.3 Å². The largest absolute Gasteiger partial charge is 0.336 e. The van der Waals surface area contributed by atoms with E-state index in [1.165, 1.54) is 12.1 Å². The Balaban J connectivity index is 1.52. The second-order valence-electron chi connectivity index (χ2n) is 7.71. The SMILES string of the molecule is C=CCn1nc(C(=O)N2CCSCC2)c2c1CC[C@H](NCc1ccc(F)cc1F)C2. The summed E-state index contributed by atoms with van der Waals surface area (Å²) in [6, 6.07) is 3.75. The first-order chi connectivity index (χ1) is 14.6. The Hall–Kier alpha value is -2.19. The van der Waals surface area contributed by atoms with Gasteiger partial charge in [-0.15, -0.1) is 6.58 Å². The summed E-state index contributed by atoms with van der Waals surface area (Å²) >= 11 is 1.86. The highest BCUT2D eigenvalue weighted by Gasteiger charge is 2.31. The molecule has 8 heteroatoms. The van der Waals surface area contributed by atoms with E-state index in [-0.39, 0.29) is 11.9 Å². The van der Waals surface area contributed by atoms with Crippen molar-refractivity contribution in [3.05, 3.63) is 65.0 Å². The van der Waals surface area contributed by atoms with E-state index < -0.39 is 11.6 Å². The highest BCUT2D eigenvalue weighted by atomic mass is 32.2. The summed E-state index contributed by atoms with van der Waals surface area (Å²) in [6.07, 6.45) is 4.12. The van der Waals surface area contributed by atoms with Crippen molar-refractivity contribution >= 4 is 17.7 Å². The molecule has 4 rings (SSSR count). The first-order valence-electron chi connectivity index (χ1n) is 10.3. The van der Waals surface area contributed by atoms with Gasteiger partial charge in [-0.1, -0.05) is 12.1 Å². The van der Waals surface area contributed by atoms with Crippen LogP contribution < -0.4 is 5.32 Å². The monoisotopic (exact) mass is 432 g/mol. The molecule has 1 aliphatic carbocycles. The van der Waals surface area contributed by atoms with Crippen molar-refractivity contribution in [2.75, 3.05) is 24.6 Å². The molecule has 1 fully saturated rings. The molecule has 0 unspecified atom stereocenters. The van der Waals surface area contributed by atoms with E-state index in [4.69, 9.17) is 0 Å². The van der Waals surface area contributed by atoms with E-state index in [2.05, 4.69) is 17.0 Å². The lowest BCUT2D eigenvalue weighted by atomic mass is 9.91. The maximum absolute atomic E-state index is 14.0. The van der Waals surface area contributed by atoms with Crippen molar-refractivity contribution in [2.24, 2.45) is 0 Å². The summed E-state index contributed by atoms with van der Waals surface area (Å²) in [4.78, 5) is 15.1. The minimum absolute atomic E-state index is 0.000378. The van der Waals surface area contributed by atoms with Crippen molar-refractivity contribution < 1.29 is 13.6 Å². The van der Waals surface area contributed by atoms with E-state index in [0.717, 1.165) is 54.8 Å². The molecular weight excluding hydrogens is 406 g/mol. The number of nitrogens with zero attached hydrogens (tertiary/aromatic N) is 3. The number of hydrogen-bond donors (Lipinski definition) is 1. The van der Waals surface area contributed by atoms with Crippen LogP contribution in [0.4, 0.5) is 8.78 Å². The Bertz CT molecular complexity index is 939. The van der Waals surface area contributed by atoms with Crippen LogP contribution in [0.15, 0.2) is 30.9 Å². The molecule has 1 aliphatic heterocycles. The topological polar surface area (TPSA) is 50.2 Å². The molecule has 30 heavy (non-hydrogen) atoms. The van der Waals surface area contributed by atoms with Crippen molar-refractivity contribution in [3.63, 3.8) is 0 Å². The normalized spacial score (nSPS) is 18.9. The molecule has 0 radical (unpaired) electrons. The van der Waals surface area contributed by atoms with E-state index in [9.17, 15) is 13.6 Å². The third kappa shape index (κ3) is 4.44. The van der Waals surface area contributed by atoms with Crippen LogP contribution in [0.2, 0.25) is 0 Å². The number of amides is 1. The minimum atomic E-state index is -0.576. The lowest BCUT2D eigenvalue weighted by Crippen LogP contribution is -2.39. The molecule has 2 aliphatic rings. The molecule has 1 aromatic carbocycles. The number of halogens is 2. The Morgan fingerprint density at radius 3 is 2.87 bits per heavy atom. The van der Waals surface area contributed by atoms with Crippen LogP contribution in [-0.4, -0.2) is 51.2 Å². The summed E-state index contributed by atoms with van der Waals surface area (Å²) in [5.41, 5.74) is 3.06. The highest BCUT2D eigenvalue weighted by molar-refractivity contribution is 7.99. The maximum atomic E-state index is 14.0. The second-order valence-corrected chi connectivity index (χ2v) is 8.93. The molecule has 2 heterocycles. The van der Waals surface area contributed by atoms with Crippen molar-refractivity contribution in [1.82, 2.24) is 20.0 Å². The fourth-order valence-corrected chi connectivity index (χ4v) is 5.05. The predicted molar refractivity (Wildman–Crippen MR) is 115 cm³/mol. The fourth-order valence-electron chi connectivity index (χ4n) is 4.14. The highest BCUT2D eigenvalue weighted by Crippen LogP contribution is 2.27. The number of rotatable bonds is 6. The molecule has 0 spiro atoms. The van der Waals surface area contributed by atoms with Gasteiger partial charge in [-0.25, -0.2) is 8.78 Å². The third-order valence-corrected chi connectivity index (χ3v) is 6.69. The van der Waals surface area contributed by atoms with Gasteiger partial charge in [0.15, 0.2) is 5.69 Å². The van der Waals surface area contributed by atoms with Gasteiger partial charge in [-0.05, 0) is 25.3 Å². The van der Waals surface area contributed by atoms with Gasteiger partial charge in [-0.2, -0.15) is 16.9 Å². The molecule has 1 aromatic heterocycles. The number of allylic oxidation sites excluding steroid dienone is 1. The third-order valence-electron chi connectivity index (χ3n) is 5.75. The van der Waals surface area contributed by atoms with E-state index in [0.29, 0.717) is 30.8 Å². The molecule has 1 N–H and O–H groups in total. The molecular formula is C22H26F2N4OS. The number of thioether (sulfide) groups is 1. The van der Waals surface area contributed by atoms with Gasteiger partial charge in [0, 0.05) is 60.1 Å². The number of hydrogen-bond acceptors (Lipinski definition) is 4. The Labute approximate surface area is 179 Å². The fraction of sp³-hybridized carbons (Fsp3) is 0.455. The molecule has 1 amide bonds. The molecule has 0 saturated carbocycles. The standard InChI is InChI=1S/C22H26F2N4OS/c1-2-7-28-20-6-5-17(25-14-15-3-4-16(23)12-19(15)24)13-18(20)21(26-28)22(29)27-8-10-30-11-9-27/h2-4,12,17,25H,1,5-11,13-14H2/t17-/m0/s1. The van der Waals surface area contributed by atoms with Gasteiger partial charge in [0.05, 0.1) is 6.54 Å². The maximum Gasteiger partial charge on any atom is 0.274 e. The summed E-state index contributed by atoms with van der Waals surface area (Å²) in [6.45, 7) is 6.20. The lowest BCUT2D eigenvalue weighted by molar-refractivity contribution is 0.0764. The first kappa shape index (κ1) is 21.1. The van der Waals surface area contributed by atoms with Crippen LogP contribution in [0.1, 0.15) is 33.7 Å². The number of carbonyl (C=O) groups is 1. The van der Waals surface area contributed by atoms with Crippen LogP contribution >= 0.6 is 11.8 Å². The average molecular weight is 433 g/mol. The second kappa shape index (κ2) is 9.31. The Morgan fingerprint density at radius 2 is 2.13 bits per heavy atom. The zero-order valence-corrected chi connectivity index (χ0v) is 17.7. The molecule has 0 bridgehead atoms. The van der Waals surface area contributed by atoms with Crippen LogP contribution in [0, 0.1) is 11.6 Å². The van der Waals surface area contributed by atoms with Crippen molar-refractivity contribution in [1.29, 1.82) is 0 Å². The lowest BCUT2D eigenvalue weighted by Gasteiger charge is -2.27. The summed E-state index contributed by atoms with van der Waals surface area (Å²) in [7, 11) is 0. The van der Waals surface area contributed by atoms with Gasteiger partial charge in [0.25, 0.3) is 5.91 Å². The van der Waals surface area contributed by atoms with Crippen LogP contribution in [0.5, 0.6) is 0 Å². The number of nitrogens with one attached hydrogen (secondary N) is 1. The quantitative estimate of drug-likeness (QED) is 0.713. The Kier molecular flexibility index (Phi) is 6.53. The molecule has 2 aromatic rings. The van der Waals surface area contributed by atoms with Crippen LogP contribution in [-0.2, 0) is 25.9 Å². The summed E-state index contributed by atoms with van der Waals surface area (Å²) in [5.74, 6) is 0.785. The number of benzene rings is 1. The van der Waals surface area contributed by atoms with Crippen molar-refractivity contribution in [3.8, 4) is 0 Å². The number of carbonyl (C=O) groups excluding carboxylic acids is 1. The van der Waals surface area contributed by atoms with E-state index in [1.54, 1.807) is 6.08 Å². The van der Waals surface area contributed by atoms with Gasteiger partial charge >= 0.3 is 0 Å². The average Bonchev–Trinajstić information content (AvgIpc) is 3.11. The van der Waals surface area contributed by atoms with Gasteiger partial charge < -0.3 is 10.2 Å². The molecule has 1 atom stereocenters. The minimum Gasteiger partial charge on any atom is -0.336 e. The smallest absolute Gasteiger partial charge is 0.274 e. The van der Waals surface area contributed by atoms with Crippen LogP contribution in [0.3, 0.4) is 0 Å². The van der Waals surface area contributed by atoms with E-state index >= 15 is 0 Å². The first-order valence-corrected chi connectivity index (χ1v) is 11.5. The predicted octanol–water partition coefficient (Wildman–Crippen LogP) is 3.18. The summed E-state index contributed by atoms with van der Waals surface area (Å²) < 4.78 is 29.0. The number of fused-ring (bicyclic) bond motifs is 1. The van der Waals surface area contributed by atoms with Gasteiger partial charge in [-0.3, -0.25) is 9.48 Å². The van der Waals surface area contributed by atoms with Gasteiger partial charge in [0.1, 0.15) is 11.6 Å². The number of aromatic nitrogens is 2.